The quantitative estimate of drug-likeness (QED) is 0.863. The lowest BCUT2D eigenvalue weighted by molar-refractivity contribution is 0.113. The molecular weight excluding hydrogens is 212 g/mol. The van der Waals surface area contributed by atoms with Crippen LogP contribution in [0.3, 0.4) is 0 Å². The predicted octanol–water partition coefficient (Wildman–Crippen LogP) is 1.84. The van der Waals surface area contributed by atoms with Crippen molar-refractivity contribution in [3.05, 3.63) is 29.8 Å². The highest BCUT2D eigenvalue weighted by atomic mass is 16.5. The maximum Gasteiger partial charge on any atom is 0.119 e. The molecule has 3 nitrogen and oxygen atoms in total. The number of nitrogens with zero attached hydrogens (tertiary/aromatic N) is 1. The summed E-state index contributed by atoms with van der Waals surface area (Å²) in [6, 6.07) is 8.44. The van der Waals surface area contributed by atoms with Crippen molar-refractivity contribution < 1.29 is 4.74 Å². The Kier molecular flexibility index (Phi) is 3.69. The second-order valence-corrected chi connectivity index (χ2v) is 4.94. The number of rotatable bonds is 3. The van der Waals surface area contributed by atoms with E-state index in [-0.39, 0.29) is 5.54 Å². The van der Waals surface area contributed by atoms with Gasteiger partial charge in [-0.05, 0) is 51.2 Å². The topological polar surface area (TPSA) is 24.5 Å². The molecule has 1 aliphatic rings. The predicted molar refractivity (Wildman–Crippen MR) is 70.5 cm³/mol. The minimum absolute atomic E-state index is 0.104. The summed E-state index contributed by atoms with van der Waals surface area (Å²) in [6.07, 6.45) is 2.41. The number of methoxy groups -OCH3 is 1. The largest absolute Gasteiger partial charge is 0.497 e. The van der Waals surface area contributed by atoms with Gasteiger partial charge in [-0.25, -0.2) is 0 Å². The SMILES string of the molecule is COc1cccc(C2(N(C)C)CCCNC2)c1. The molecule has 0 aliphatic carbocycles. The van der Waals surface area contributed by atoms with Crippen LogP contribution < -0.4 is 10.1 Å². The van der Waals surface area contributed by atoms with Gasteiger partial charge in [-0.2, -0.15) is 0 Å². The van der Waals surface area contributed by atoms with Crippen LogP contribution in [0.2, 0.25) is 0 Å². The van der Waals surface area contributed by atoms with E-state index in [1.165, 1.54) is 18.4 Å². The average Bonchev–Trinajstić information content (AvgIpc) is 2.39. The summed E-state index contributed by atoms with van der Waals surface area (Å²) in [5.74, 6) is 0.939. The minimum Gasteiger partial charge on any atom is -0.497 e. The third kappa shape index (κ3) is 2.31. The van der Waals surface area contributed by atoms with Crippen LogP contribution in [-0.2, 0) is 5.54 Å². The zero-order valence-electron chi connectivity index (χ0n) is 11.0. The second kappa shape index (κ2) is 5.07. The van der Waals surface area contributed by atoms with Gasteiger partial charge in [0.05, 0.1) is 12.6 Å². The molecule has 1 aromatic rings. The molecule has 3 heteroatoms. The Morgan fingerprint density at radius 1 is 1.35 bits per heavy atom. The molecule has 0 radical (unpaired) electrons. The lowest BCUT2D eigenvalue weighted by atomic mass is 9.82. The van der Waals surface area contributed by atoms with Gasteiger partial charge in [-0.15, -0.1) is 0 Å². The summed E-state index contributed by atoms with van der Waals surface area (Å²) in [6.45, 7) is 2.13. The first-order valence-corrected chi connectivity index (χ1v) is 6.22. The highest BCUT2D eigenvalue weighted by molar-refractivity contribution is 5.34. The Labute approximate surface area is 104 Å². The standard InChI is InChI=1S/C14H22N2O/c1-16(2)14(8-5-9-15-11-14)12-6-4-7-13(10-12)17-3/h4,6-7,10,15H,5,8-9,11H2,1-3H3. The van der Waals surface area contributed by atoms with Crippen LogP contribution in [-0.4, -0.2) is 39.2 Å². The molecule has 0 aromatic heterocycles. The molecule has 1 unspecified atom stereocenters. The third-order valence-corrected chi connectivity index (χ3v) is 3.82. The number of benzene rings is 1. The van der Waals surface area contributed by atoms with Crippen molar-refractivity contribution in [3.8, 4) is 5.75 Å². The average molecular weight is 234 g/mol. The smallest absolute Gasteiger partial charge is 0.119 e. The maximum absolute atomic E-state index is 5.33. The second-order valence-electron chi connectivity index (χ2n) is 4.94. The molecule has 1 N–H and O–H groups in total. The van der Waals surface area contributed by atoms with Crippen molar-refractivity contribution in [2.75, 3.05) is 34.3 Å². The van der Waals surface area contributed by atoms with Gasteiger partial charge < -0.3 is 10.1 Å². The summed E-state index contributed by atoms with van der Waals surface area (Å²) in [4.78, 5) is 2.33. The number of hydrogen-bond acceptors (Lipinski definition) is 3. The van der Waals surface area contributed by atoms with E-state index in [1.54, 1.807) is 7.11 Å². The monoisotopic (exact) mass is 234 g/mol. The van der Waals surface area contributed by atoms with Crippen LogP contribution in [0.15, 0.2) is 24.3 Å². The fourth-order valence-corrected chi connectivity index (χ4v) is 2.69. The molecular formula is C14H22N2O. The van der Waals surface area contributed by atoms with E-state index in [9.17, 15) is 0 Å². The van der Waals surface area contributed by atoms with E-state index in [2.05, 4.69) is 42.5 Å². The van der Waals surface area contributed by atoms with Gasteiger partial charge >= 0.3 is 0 Å². The minimum atomic E-state index is 0.104. The van der Waals surface area contributed by atoms with Crippen molar-refractivity contribution >= 4 is 0 Å². The number of piperidine rings is 1. The summed E-state index contributed by atoms with van der Waals surface area (Å²) in [7, 11) is 6.04. The summed E-state index contributed by atoms with van der Waals surface area (Å²) >= 11 is 0. The highest BCUT2D eigenvalue weighted by Gasteiger charge is 2.36. The molecule has 0 bridgehead atoms. The fourth-order valence-electron chi connectivity index (χ4n) is 2.69. The Hall–Kier alpha value is -1.06. The zero-order chi connectivity index (χ0) is 12.3. The van der Waals surface area contributed by atoms with Gasteiger partial charge in [0.1, 0.15) is 5.75 Å². The Balaban J connectivity index is 2.37. The molecule has 17 heavy (non-hydrogen) atoms. The lowest BCUT2D eigenvalue weighted by Gasteiger charge is -2.43. The molecule has 1 fully saturated rings. The van der Waals surface area contributed by atoms with Gasteiger partial charge in [0.2, 0.25) is 0 Å². The Morgan fingerprint density at radius 2 is 2.18 bits per heavy atom. The molecule has 1 saturated heterocycles. The molecule has 0 spiro atoms. The fraction of sp³-hybridized carbons (Fsp3) is 0.571. The van der Waals surface area contributed by atoms with E-state index in [0.717, 1.165) is 18.8 Å². The van der Waals surface area contributed by atoms with Crippen LogP contribution in [0, 0.1) is 0 Å². The molecule has 1 aliphatic heterocycles. The first-order chi connectivity index (χ1) is 8.19. The van der Waals surface area contributed by atoms with Crippen molar-refractivity contribution in [1.82, 2.24) is 10.2 Å². The Morgan fingerprint density at radius 3 is 2.76 bits per heavy atom. The van der Waals surface area contributed by atoms with Crippen molar-refractivity contribution in [1.29, 1.82) is 0 Å². The van der Waals surface area contributed by atoms with Gasteiger partial charge in [0, 0.05) is 6.54 Å². The zero-order valence-corrected chi connectivity index (χ0v) is 11.0. The molecule has 1 atom stereocenters. The van der Waals surface area contributed by atoms with Crippen LogP contribution >= 0.6 is 0 Å². The van der Waals surface area contributed by atoms with Gasteiger partial charge in [-0.3, -0.25) is 4.90 Å². The van der Waals surface area contributed by atoms with Crippen LogP contribution in [0.25, 0.3) is 0 Å². The number of hydrogen-bond donors (Lipinski definition) is 1. The summed E-state index contributed by atoms with van der Waals surface area (Å²) in [5, 5.41) is 3.51. The first kappa shape index (κ1) is 12.4. The summed E-state index contributed by atoms with van der Waals surface area (Å²) in [5.41, 5.74) is 1.45. The van der Waals surface area contributed by atoms with Crippen molar-refractivity contribution in [3.63, 3.8) is 0 Å². The van der Waals surface area contributed by atoms with Crippen molar-refractivity contribution in [2.45, 2.75) is 18.4 Å². The number of ether oxygens (including phenoxy) is 1. The number of nitrogens with one attached hydrogen (secondary N) is 1. The molecule has 0 amide bonds. The molecule has 0 saturated carbocycles. The Bertz CT molecular complexity index is 370. The molecule has 1 heterocycles. The maximum atomic E-state index is 5.33. The normalized spacial score (nSPS) is 24.9. The van der Waals surface area contributed by atoms with E-state index >= 15 is 0 Å². The van der Waals surface area contributed by atoms with Gasteiger partial charge in [-0.1, -0.05) is 12.1 Å². The van der Waals surface area contributed by atoms with Crippen molar-refractivity contribution in [2.24, 2.45) is 0 Å². The highest BCUT2D eigenvalue weighted by Crippen LogP contribution is 2.34. The first-order valence-electron chi connectivity index (χ1n) is 6.22. The lowest BCUT2D eigenvalue weighted by Crippen LogP contribution is -2.52. The summed E-state index contributed by atoms with van der Waals surface area (Å²) < 4.78 is 5.33. The molecule has 94 valence electrons. The van der Waals surface area contributed by atoms with E-state index in [1.807, 2.05) is 6.07 Å². The van der Waals surface area contributed by atoms with E-state index in [4.69, 9.17) is 4.74 Å². The van der Waals surface area contributed by atoms with Crippen LogP contribution in [0.5, 0.6) is 5.75 Å². The van der Waals surface area contributed by atoms with Gasteiger partial charge in [0.25, 0.3) is 0 Å². The number of likely N-dealkylation sites (N-methyl/N-ethyl adjacent to an activating group) is 1. The van der Waals surface area contributed by atoms with Gasteiger partial charge in [0.15, 0.2) is 0 Å². The van der Waals surface area contributed by atoms with Crippen LogP contribution in [0.1, 0.15) is 18.4 Å². The molecule has 1 aromatic carbocycles. The van der Waals surface area contributed by atoms with E-state index < -0.39 is 0 Å². The van der Waals surface area contributed by atoms with E-state index in [0.29, 0.717) is 0 Å². The molecule has 2 rings (SSSR count). The van der Waals surface area contributed by atoms with Crippen LogP contribution in [0.4, 0.5) is 0 Å². The third-order valence-electron chi connectivity index (χ3n) is 3.82.